The number of aromatic nitrogens is 2. The number of hydrogen-bond acceptors (Lipinski definition) is 4. The number of pyridine rings is 2. The average Bonchev–Trinajstić information content (AvgIpc) is 3.12. The summed E-state index contributed by atoms with van der Waals surface area (Å²) in [5.74, 6) is 0.358. The number of primary amides is 1. The monoisotopic (exact) mass is 378 g/mol. The molecule has 0 saturated heterocycles. The minimum absolute atomic E-state index is 0.191. The molecule has 0 saturated carbocycles. The van der Waals surface area contributed by atoms with Gasteiger partial charge in [0.25, 0.3) is 0 Å². The lowest BCUT2D eigenvalue weighted by molar-refractivity contribution is -0.117. The van der Waals surface area contributed by atoms with Gasteiger partial charge in [0.2, 0.25) is 5.91 Å². The number of nitrogens with zero attached hydrogens (tertiary/aromatic N) is 2. The van der Waals surface area contributed by atoms with Gasteiger partial charge >= 0.3 is 0 Å². The van der Waals surface area contributed by atoms with Gasteiger partial charge in [0, 0.05) is 28.2 Å². The summed E-state index contributed by atoms with van der Waals surface area (Å²) in [5, 5.41) is 4.10. The number of anilines is 2. The average molecular weight is 379 g/mol. The molecule has 0 spiro atoms. The van der Waals surface area contributed by atoms with E-state index in [4.69, 9.17) is 22.3 Å². The van der Waals surface area contributed by atoms with Crippen LogP contribution < -0.4 is 11.1 Å². The van der Waals surface area contributed by atoms with E-state index in [9.17, 15) is 4.79 Å². The van der Waals surface area contributed by atoms with Crippen LogP contribution in [0.3, 0.4) is 0 Å². The predicted octanol–water partition coefficient (Wildman–Crippen LogP) is 4.06. The van der Waals surface area contributed by atoms with Crippen LogP contribution in [0.1, 0.15) is 23.2 Å². The molecule has 1 aliphatic carbocycles. The summed E-state index contributed by atoms with van der Waals surface area (Å²) in [7, 11) is 0. The SMILES string of the molecule is NC(=O)Cc1ccc(Nc2cc(-c3cccc(Cl)c3)nc3c2CCC3)nc1. The van der Waals surface area contributed by atoms with Crippen LogP contribution in [-0.4, -0.2) is 15.9 Å². The first-order valence-corrected chi connectivity index (χ1v) is 9.25. The number of carbonyl (C=O) groups is 1. The van der Waals surface area contributed by atoms with Crippen LogP contribution in [-0.2, 0) is 24.1 Å². The number of halogens is 1. The highest BCUT2D eigenvalue weighted by molar-refractivity contribution is 6.30. The van der Waals surface area contributed by atoms with Gasteiger partial charge in [0.05, 0.1) is 12.1 Å². The Morgan fingerprint density at radius 1 is 1.19 bits per heavy atom. The Morgan fingerprint density at radius 3 is 2.81 bits per heavy atom. The highest BCUT2D eigenvalue weighted by atomic mass is 35.5. The molecule has 27 heavy (non-hydrogen) atoms. The van der Waals surface area contributed by atoms with Gasteiger partial charge in [-0.1, -0.05) is 29.8 Å². The third-order valence-corrected chi connectivity index (χ3v) is 4.87. The molecule has 0 unspecified atom stereocenters. The Morgan fingerprint density at radius 2 is 2.07 bits per heavy atom. The van der Waals surface area contributed by atoms with E-state index in [1.54, 1.807) is 6.20 Å². The second-order valence-corrected chi connectivity index (χ2v) is 7.10. The van der Waals surface area contributed by atoms with Crippen LogP contribution in [0.25, 0.3) is 11.3 Å². The molecule has 136 valence electrons. The van der Waals surface area contributed by atoms with Crippen molar-refractivity contribution >= 4 is 29.0 Å². The minimum Gasteiger partial charge on any atom is -0.369 e. The molecule has 2 aromatic heterocycles. The fourth-order valence-corrected chi connectivity index (χ4v) is 3.58. The normalized spacial score (nSPS) is 12.6. The zero-order valence-corrected chi connectivity index (χ0v) is 15.5. The molecule has 0 fully saturated rings. The van der Waals surface area contributed by atoms with Gasteiger partial charge in [-0.3, -0.25) is 9.78 Å². The Hall–Kier alpha value is -2.92. The van der Waals surface area contributed by atoms with E-state index in [1.165, 1.54) is 5.56 Å². The van der Waals surface area contributed by atoms with Crippen LogP contribution >= 0.6 is 11.6 Å². The standard InChI is InChI=1S/C21H19ClN4O/c22-15-4-1-3-14(10-15)18-11-19(16-5-2-6-17(16)25-18)26-21-8-7-13(12-24-21)9-20(23)27/h1,3-4,7-8,10-12H,2,5-6,9H2,(H2,23,27)(H,24,25,26). The maximum atomic E-state index is 11.0. The van der Waals surface area contributed by atoms with Crippen molar-refractivity contribution < 1.29 is 4.79 Å². The Balaban J connectivity index is 1.67. The summed E-state index contributed by atoms with van der Waals surface area (Å²) in [6.45, 7) is 0. The number of benzene rings is 1. The summed E-state index contributed by atoms with van der Waals surface area (Å²) in [6.07, 6.45) is 4.94. The first-order valence-electron chi connectivity index (χ1n) is 8.87. The quantitative estimate of drug-likeness (QED) is 0.701. The number of carbonyl (C=O) groups excluding carboxylic acids is 1. The molecule has 1 amide bonds. The summed E-state index contributed by atoms with van der Waals surface area (Å²) in [4.78, 5) is 20.3. The third-order valence-electron chi connectivity index (χ3n) is 4.64. The molecule has 0 bridgehead atoms. The maximum absolute atomic E-state index is 11.0. The lowest BCUT2D eigenvalue weighted by Crippen LogP contribution is -2.13. The number of rotatable bonds is 5. The Kier molecular flexibility index (Phi) is 4.77. The number of nitrogens with two attached hydrogens (primary N) is 1. The summed E-state index contributed by atoms with van der Waals surface area (Å²) in [5.41, 5.74) is 11.3. The first kappa shape index (κ1) is 17.5. The second kappa shape index (κ2) is 7.37. The van der Waals surface area contributed by atoms with E-state index >= 15 is 0 Å². The van der Waals surface area contributed by atoms with E-state index < -0.39 is 0 Å². The van der Waals surface area contributed by atoms with Crippen molar-refractivity contribution in [3.8, 4) is 11.3 Å². The van der Waals surface area contributed by atoms with Crippen LogP contribution in [0.5, 0.6) is 0 Å². The van der Waals surface area contributed by atoms with Gasteiger partial charge in [-0.2, -0.15) is 0 Å². The molecule has 0 radical (unpaired) electrons. The number of aryl methyl sites for hydroxylation is 1. The number of amides is 1. The fourth-order valence-electron chi connectivity index (χ4n) is 3.39. The zero-order valence-electron chi connectivity index (χ0n) is 14.7. The van der Waals surface area contributed by atoms with Crippen molar-refractivity contribution in [3.05, 3.63) is 70.5 Å². The molecule has 1 aliphatic rings. The first-order chi connectivity index (χ1) is 13.1. The molecule has 1 aromatic carbocycles. The van der Waals surface area contributed by atoms with Crippen LogP contribution in [0, 0.1) is 0 Å². The van der Waals surface area contributed by atoms with E-state index in [-0.39, 0.29) is 12.3 Å². The topological polar surface area (TPSA) is 80.9 Å². The highest BCUT2D eigenvalue weighted by Gasteiger charge is 2.19. The summed E-state index contributed by atoms with van der Waals surface area (Å²) < 4.78 is 0. The molecule has 5 nitrogen and oxygen atoms in total. The number of fused-ring (bicyclic) bond motifs is 1. The Bertz CT molecular complexity index is 1000. The molecule has 6 heteroatoms. The van der Waals surface area contributed by atoms with E-state index in [0.29, 0.717) is 5.02 Å². The van der Waals surface area contributed by atoms with Crippen LogP contribution in [0.15, 0.2) is 48.7 Å². The van der Waals surface area contributed by atoms with Crippen LogP contribution in [0.2, 0.25) is 5.02 Å². The van der Waals surface area contributed by atoms with Crippen molar-refractivity contribution in [1.29, 1.82) is 0 Å². The van der Waals surface area contributed by atoms with Crippen molar-refractivity contribution in [1.82, 2.24) is 9.97 Å². The van der Waals surface area contributed by atoms with E-state index in [0.717, 1.165) is 53.3 Å². The van der Waals surface area contributed by atoms with Crippen molar-refractivity contribution in [2.24, 2.45) is 5.73 Å². The summed E-state index contributed by atoms with van der Waals surface area (Å²) in [6, 6.07) is 13.5. The van der Waals surface area contributed by atoms with Crippen molar-refractivity contribution in [2.75, 3.05) is 5.32 Å². The minimum atomic E-state index is -0.365. The lowest BCUT2D eigenvalue weighted by Gasteiger charge is -2.13. The molecule has 2 heterocycles. The maximum Gasteiger partial charge on any atom is 0.221 e. The number of nitrogens with one attached hydrogen (secondary N) is 1. The second-order valence-electron chi connectivity index (χ2n) is 6.66. The predicted molar refractivity (Wildman–Crippen MR) is 107 cm³/mol. The van der Waals surface area contributed by atoms with Gasteiger partial charge in [0.15, 0.2) is 0 Å². The molecule has 3 aromatic rings. The van der Waals surface area contributed by atoms with Gasteiger partial charge < -0.3 is 11.1 Å². The smallest absolute Gasteiger partial charge is 0.221 e. The molecule has 0 aliphatic heterocycles. The van der Waals surface area contributed by atoms with Gasteiger partial charge in [0.1, 0.15) is 5.82 Å². The molecule has 4 rings (SSSR count). The molecule has 3 N–H and O–H groups in total. The Labute approximate surface area is 162 Å². The van der Waals surface area contributed by atoms with E-state index in [1.807, 2.05) is 36.4 Å². The number of hydrogen-bond donors (Lipinski definition) is 2. The van der Waals surface area contributed by atoms with Gasteiger partial charge in [-0.15, -0.1) is 0 Å². The molecule has 0 atom stereocenters. The van der Waals surface area contributed by atoms with Gasteiger partial charge in [-0.05, 0) is 54.7 Å². The van der Waals surface area contributed by atoms with Gasteiger partial charge in [-0.25, -0.2) is 4.98 Å². The summed E-state index contributed by atoms with van der Waals surface area (Å²) >= 11 is 6.15. The lowest BCUT2D eigenvalue weighted by atomic mass is 10.1. The largest absolute Gasteiger partial charge is 0.369 e. The fraction of sp³-hybridized carbons (Fsp3) is 0.190. The van der Waals surface area contributed by atoms with Crippen LogP contribution in [0.4, 0.5) is 11.5 Å². The molecular weight excluding hydrogens is 360 g/mol. The highest BCUT2D eigenvalue weighted by Crippen LogP contribution is 2.33. The van der Waals surface area contributed by atoms with E-state index in [2.05, 4.69) is 16.4 Å². The third kappa shape index (κ3) is 3.93. The zero-order chi connectivity index (χ0) is 18.8. The van der Waals surface area contributed by atoms with Crippen molar-refractivity contribution in [2.45, 2.75) is 25.7 Å². The molecular formula is C21H19ClN4O. The van der Waals surface area contributed by atoms with Crippen molar-refractivity contribution in [3.63, 3.8) is 0 Å².